The van der Waals surface area contributed by atoms with Crippen LogP contribution in [-0.4, -0.2) is 59.4 Å². The van der Waals surface area contributed by atoms with Crippen molar-refractivity contribution < 1.29 is 14.6 Å². The molecule has 0 unspecified atom stereocenters. The zero-order chi connectivity index (χ0) is 21.7. The number of aromatic hydroxyl groups is 1. The molecule has 156 valence electrons. The van der Waals surface area contributed by atoms with Crippen molar-refractivity contribution in [3.05, 3.63) is 56.9 Å². The van der Waals surface area contributed by atoms with E-state index in [0.29, 0.717) is 42.1 Å². The van der Waals surface area contributed by atoms with Gasteiger partial charge in [0.25, 0.3) is 5.56 Å². The van der Waals surface area contributed by atoms with Gasteiger partial charge in [-0.05, 0) is 43.7 Å². The molecule has 1 N–H and O–H groups in total. The number of aliphatic imine (C=N–C) groups is 1. The molecule has 8 nitrogen and oxygen atoms in total. The van der Waals surface area contributed by atoms with Crippen LogP contribution in [0.1, 0.15) is 34.0 Å². The van der Waals surface area contributed by atoms with Crippen molar-refractivity contribution in [3.8, 4) is 11.9 Å². The van der Waals surface area contributed by atoms with Gasteiger partial charge in [0, 0.05) is 38.0 Å². The van der Waals surface area contributed by atoms with Crippen LogP contribution >= 0.6 is 0 Å². The molecule has 8 heteroatoms. The first-order valence-corrected chi connectivity index (χ1v) is 9.74. The van der Waals surface area contributed by atoms with E-state index in [0.717, 1.165) is 13.1 Å². The lowest BCUT2D eigenvalue weighted by Crippen LogP contribution is -2.39. The number of carbonyl (C=O) groups is 1. The molecule has 2 aromatic rings. The molecule has 0 saturated carbocycles. The predicted octanol–water partition coefficient (Wildman–Crippen LogP) is 2.02. The van der Waals surface area contributed by atoms with Gasteiger partial charge >= 0.3 is 0 Å². The summed E-state index contributed by atoms with van der Waals surface area (Å²) in [5, 5.41) is 20.2. The fourth-order valence-corrected chi connectivity index (χ4v) is 3.32. The summed E-state index contributed by atoms with van der Waals surface area (Å²) in [6, 6.07) is 8.68. The second-order valence-electron chi connectivity index (χ2n) is 7.12. The molecule has 1 aromatic heterocycles. The lowest BCUT2D eigenvalue weighted by Gasteiger charge is -2.27. The van der Waals surface area contributed by atoms with Crippen LogP contribution in [0.3, 0.4) is 0 Å². The van der Waals surface area contributed by atoms with Crippen LogP contribution < -0.4 is 5.56 Å². The average molecular weight is 408 g/mol. The van der Waals surface area contributed by atoms with Gasteiger partial charge in [0.2, 0.25) is 5.88 Å². The van der Waals surface area contributed by atoms with Gasteiger partial charge in [-0.1, -0.05) is 0 Å². The Labute approximate surface area is 174 Å². The Bertz CT molecular complexity index is 1060. The van der Waals surface area contributed by atoms with Crippen molar-refractivity contribution in [2.24, 2.45) is 4.99 Å². The van der Waals surface area contributed by atoms with E-state index in [2.05, 4.69) is 9.89 Å². The van der Waals surface area contributed by atoms with Gasteiger partial charge in [-0.2, -0.15) is 5.26 Å². The molecule has 1 aromatic carbocycles. The number of hydrogen-bond acceptors (Lipinski definition) is 7. The highest BCUT2D eigenvalue weighted by atomic mass is 16.5. The van der Waals surface area contributed by atoms with E-state index in [9.17, 15) is 20.0 Å². The van der Waals surface area contributed by atoms with Gasteiger partial charge in [0.05, 0.1) is 24.5 Å². The third-order valence-corrected chi connectivity index (χ3v) is 5.21. The summed E-state index contributed by atoms with van der Waals surface area (Å²) in [7, 11) is 0. The summed E-state index contributed by atoms with van der Waals surface area (Å²) in [5.41, 5.74) is 1.35. The molecule has 1 aliphatic heterocycles. The second-order valence-corrected chi connectivity index (χ2v) is 7.12. The molecule has 0 aliphatic carbocycles. The molecule has 1 aliphatic rings. The van der Waals surface area contributed by atoms with Gasteiger partial charge in [0.1, 0.15) is 11.6 Å². The highest BCUT2D eigenvalue weighted by Crippen LogP contribution is 2.21. The number of hydrogen-bond donors (Lipinski definition) is 1. The molecule has 0 spiro atoms. The maximum absolute atomic E-state index is 12.7. The Morgan fingerprint density at radius 2 is 1.93 bits per heavy atom. The van der Waals surface area contributed by atoms with Crippen LogP contribution in [-0.2, 0) is 11.3 Å². The summed E-state index contributed by atoms with van der Waals surface area (Å²) >= 11 is 0. The SMILES string of the molecule is CC(=O)c1ccc(N=Cc2c(C)c(C#N)c(=O)n(CCN3CCOCC3)c2O)cc1. The first kappa shape index (κ1) is 21.4. The Balaban J connectivity index is 1.92. The van der Waals surface area contributed by atoms with Crippen molar-refractivity contribution >= 4 is 17.7 Å². The minimum absolute atomic E-state index is 0.0110. The number of morpholine rings is 1. The predicted molar refractivity (Wildman–Crippen MR) is 113 cm³/mol. The monoisotopic (exact) mass is 408 g/mol. The largest absolute Gasteiger partial charge is 0.494 e. The molecule has 1 fully saturated rings. The van der Waals surface area contributed by atoms with Crippen molar-refractivity contribution in [3.63, 3.8) is 0 Å². The standard InChI is InChI=1S/C22H24N4O4/c1-15-19(13-23)21(28)26(8-7-25-9-11-30-12-10-25)22(29)20(15)14-24-18-5-3-17(4-6-18)16(2)27/h3-6,14,29H,7-12H2,1-2H3. The minimum Gasteiger partial charge on any atom is -0.494 e. The number of nitriles is 1. The second kappa shape index (κ2) is 9.48. The smallest absolute Gasteiger partial charge is 0.271 e. The highest BCUT2D eigenvalue weighted by molar-refractivity contribution is 5.94. The molecule has 1 saturated heterocycles. The Hall–Kier alpha value is -3.28. The third kappa shape index (κ3) is 4.64. The van der Waals surface area contributed by atoms with E-state index in [-0.39, 0.29) is 23.8 Å². The van der Waals surface area contributed by atoms with Gasteiger partial charge in [-0.3, -0.25) is 24.0 Å². The van der Waals surface area contributed by atoms with Gasteiger partial charge in [-0.25, -0.2) is 0 Å². The van der Waals surface area contributed by atoms with E-state index in [4.69, 9.17) is 4.74 Å². The van der Waals surface area contributed by atoms with Crippen LogP contribution in [0.2, 0.25) is 0 Å². The maximum atomic E-state index is 12.7. The summed E-state index contributed by atoms with van der Waals surface area (Å²) in [5.74, 6) is -0.251. The first-order valence-electron chi connectivity index (χ1n) is 9.74. The fraction of sp³-hybridized carbons (Fsp3) is 0.364. The first-order chi connectivity index (χ1) is 14.4. The number of ether oxygens (including phenoxy) is 1. The number of Topliss-reactive ketones (excluding diaryl/α,β-unsaturated/α-hetero) is 1. The number of carbonyl (C=O) groups excluding carboxylic acids is 1. The molecule has 30 heavy (non-hydrogen) atoms. The Morgan fingerprint density at radius 3 is 2.53 bits per heavy atom. The third-order valence-electron chi connectivity index (χ3n) is 5.21. The minimum atomic E-state index is -0.510. The van der Waals surface area contributed by atoms with Gasteiger partial charge < -0.3 is 9.84 Å². The van der Waals surface area contributed by atoms with E-state index >= 15 is 0 Å². The van der Waals surface area contributed by atoms with Gasteiger partial charge in [0.15, 0.2) is 5.78 Å². The summed E-state index contributed by atoms with van der Waals surface area (Å²) in [6.45, 7) is 6.72. The van der Waals surface area contributed by atoms with E-state index in [1.165, 1.54) is 17.7 Å². The van der Waals surface area contributed by atoms with Crippen LogP contribution in [0.5, 0.6) is 5.88 Å². The zero-order valence-corrected chi connectivity index (χ0v) is 17.1. The van der Waals surface area contributed by atoms with Gasteiger partial charge in [-0.15, -0.1) is 0 Å². The van der Waals surface area contributed by atoms with Crippen molar-refractivity contribution in [2.75, 3.05) is 32.8 Å². The number of nitrogens with zero attached hydrogens (tertiary/aromatic N) is 4. The van der Waals surface area contributed by atoms with E-state index < -0.39 is 5.56 Å². The molecule has 0 radical (unpaired) electrons. The number of pyridine rings is 1. The van der Waals surface area contributed by atoms with Crippen molar-refractivity contribution in [2.45, 2.75) is 20.4 Å². The fourth-order valence-electron chi connectivity index (χ4n) is 3.32. The summed E-state index contributed by atoms with van der Waals surface area (Å²) < 4.78 is 6.55. The van der Waals surface area contributed by atoms with Crippen LogP contribution in [0.15, 0.2) is 34.1 Å². The lowest BCUT2D eigenvalue weighted by molar-refractivity contribution is 0.0360. The quantitative estimate of drug-likeness (QED) is 0.579. The van der Waals surface area contributed by atoms with Crippen LogP contribution in [0.25, 0.3) is 0 Å². The molecule has 0 amide bonds. The van der Waals surface area contributed by atoms with E-state index in [1.807, 2.05) is 6.07 Å². The lowest BCUT2D eigenvalue weighted by atomic mass is 10.1. The van der Waals surface area contributed by atoms with Crippen LogP contribution in [0, 0.1) is 18.3 Å². The zero-order valence-electron chi connectivity index (χ0n) is 17.1. The molecule has 2 heterocycles. The normalized spacial score (nSPS) is 14.7. The average Bonchev–Trinajstić information content (AvgIpc) is 2.75. The molecular formula is C22H24N4O4. The summed E-state index contributed by atoms with van der Waals surface area (Å²) in [4.78, 5) is 30.6. The summed E-state index contributed by atoms with van der Waals surface area (Å²) in [6.07, 6.45) is 1.44. The molecule has 0 atom stereocenters. The Morgan fingerprint density at radius 1 is 1.27 bits per heavy atom. The van der Waals surface area contributed by atoms with E-state index in [1.54, 1.807) is 31.2 Å². The Kier molecular flexibility index (Phi) is 6.77. The topological polar surface area (TPSA) is 108 Å². The maximum Gasteiger partial charge on any atom is 0.271 e. The number of ketones is 1. The van der Waals surface area contributed by atoms with Crippen molar-refractivity contribution in [1.29, 1.82) is 5.26 Å². The molecule has 3 rings (SSSR count). The van der Waals surface area contributed by atoms with Crippen LogP contribution in [0.4, 0.5) is 5.69 Å². The van der Waals surface area contributed by atoms with Crippen molar-refractivity contribution in [1.82, 2.24) is 9.47 Å². The molecular weight excluding hydrogens is 384 g/mol. The number of benzene rings is 1. The number of rotatable bonds is 6. The highest BCUT2D eigenvalue weighted by Gasteiger charge is 2.19. The number of aromatic nitrogens is 1. The molecule has 0 bridgehead atoms.